The standard InChI is InChI=1S/C12H18N2O3S2/c1-18-10-4-2-3-9(7-10)14-19(16,17)12-8-13-6-5-11(12)15/h5-6,8-10,14H,2-4,7H2,1H3,(H,13,15). The van der Waals surface area contributed by atoms with Gasteiger partial charge >= 0.3 is 0 Å². The molecule has 2 rings (SSSR count). The Morgan fingerprint density at radius 1 is 1.42 bits per heavy atom. The third-order valence-corrected chi connectivity index (χ3v) is 6.00. The van der Waals surface area contributed by atoms with Crippen molar-refractivity contribution in [1.82, 2.24) is 9.71 Å². The van der Waals surface area contributed by atoms with E-state index in [0.29, 0.717) is 5.25 Å². The lowest BCUT2D eigenvalue weighted by Gasteiger charge is -2.28. The first-order valence-corrected chi connectivity index (χ1v) is 9.02. The highest BCUT2D eigenvalue weighted by molar-refractivity contribution is 7.99. The minimum atomic E-state index is -3.73. The normalized spacial score (nSPS) is 24.3. The molecule has 0 amide bonds. The number of hydrogen-bond donors (Lipinski definition) is 2. The third-order valence-electron chi connectivity index (χ3n) is 3.36. The molecule has 1 aromatic heterocycles. The Labute approximate surface area is 117 Å². The van der Waals surface area contributed by atoms with Crippen LogP contribution in [0.15, 0.2) is 28.2 Å². The van der Waals surface area contributed by atoms with Gasteiger partial charge in [0.15, 0.2) is 0 Å². The molecule has 1 aliphatic carbocycles. The summed E-state index contributed by atoms with van der Waals surface area (Å²) in [6, 6.07) is 1.15. The van der Waals surface area contributed by atoms with E-state index < -0.39 is 15.5 Å². The molecule has 1 heterocycles. The summed E-state index contributed by atoms with van der Waals surface area (Å²) >= 11 is 1.77. The second kappa shape index (κ2) is 6.11. The molecule has 1 aromatic rings. The van der Waals surface area contributed by atoms with E-state index in [0.717, 1.165) is 25.7 Å². The second-order valence-corrected chi connectivity index (χ2v) is 7.54. The SMILES string of the molecule is CSC1CCCC(NS(=O)(=O)c2c[nH]ccc2=O)C1. The minimum absolute atomic E-state index is 0.0733. The predicted molar refractivity (Wildman–Crippen MR) is 76.9 cm³/mol. The van der Waals surface area contributed by atoms with Gasteiger partial charge in [-0.25, -0.2) is 13.1 Å². The predicted octanol–water partition coefficient (Wildman–Crippen LogP) is 1.33. The van der Waals surface area contributed by atoms with E-state index in [1.165, 1.54) is 18.5 Å². The van der Waals surface area contributed by atoms with Crippen LogP contribution >= 0.6 is 11.8 Å². The van der Waals surface area contributed by atoms with Gasteiger partial charge < -0.3 is 4.98 Å². The van der Waals surface area contributed by atoms with Gasteiger partial charge in [-0.15, -0.1) is 0 Å². The van der Waals surface area contributed by atoms with Crippen LogP contribution in [0.4, 0.5) is 0 Å². The van der Waals surface area contributed by atoms with Crippen LogP contribution in [-0.2, 0) is 10.0 Å². The summed E-state index contributed by atoms with van der Waals surface area (Å²) in [7, 11) is -3.73. The number of aromatic nitrogens is 1. The Hall–Kier alpha value is -0.790. The first-order valence-electron chi connectivity index (χ1n) is 6.25. The Kier molecular flexibility index (Phi) is 4.70. The van der Waals surface area contributed by atoms with Crippen LogP contribution in [0.5, 0.6) is 0 Å². The van der Waals surface area contributed by atoms with E-state index in [1.807, 2.05) is 6.26 Å². The maximum Gasteiger partial charge on any atom is 0.246 e. The quantitative estimate of drug-likeness (QED) is 0.879. The van der Waals surface area contributed by atoms with Gasteiger partial charge in [-0.3, -0.25) is 4.79 Å². The maximum absolute atomic E-state index is 12.2. The summed E-state index contributed by atoms with van der Waals surface area (Å²) in [5.74, 6) is 0. The van der Waals surface area contributed by atoms with Crippen LogP contribution < -0.4 is 10.2 Å². The smallest absolute Gasteiger partial charge is 0.246 e. The van der Waals surface area contributed by atoms with Crippen LogP contribution in [0.3, 0.4) is 0 Å². The molecular weight excluding hydrogens is 284 g/mol. The molecule has 0 spiro atoms. The van der Waals surface area contributed by atoms with Crippen LogP contribution in [0, 0.1) is 0 Å². The number of thioether (sulfide) groups is 1. The number of pyridine rings is 1. The van der Waals surface area contributed by atoms with E-state index in [9.17, 15) is 13.2 Å². The largest absolute Gasteiger partial charge is 0.366 e. The van der Waals surface area contributed by atoms with Crippen molar-refractivity contribution in [3.8, 4) is 0 Å². The van der Waals surface area contributed by atoms with Gasteiger partial charge in [0.05, 0.1) is 0 Å². The Bertz CT molecular complexity index is 583. The Morgan fingerprint density at radius 3 is 2.89 bits per heavy atom. The van der Waals surface area contributed by atoms with Crippen molar-refractivity contribution in [2.24, 2.45) is 0 Å². The molecule has 1 saturated carbocycles. The topological polar surface area (TPSA) is 79.0 Å². The number of H-pyrrole nitrogens is 1. The van der Waals surface area contributed by atoms with Crippen molar-refractivity contribution in [2.45, 2.75) is 41.9 Å². The summed E-state index contributed by atoms with van der Waals surface area (Å²) in [5.41, 5.74) is -0.483. The van der Waals surface area contributed by atoms with E-state index in [2.05, 4.69) is 9.71 Å². The second-order valence-electron chi connectivity index (χ2n) is 4.72. The zero-order valence-electron chi connectivity index (χ0n) is 10.8. The number of rotatable bonds is 4. The number of aromatic amines is 1. The van der Waals surface area contributed by atoms with Gasteiger partial charge in [0.1, 0.15) is 4.90 Å². The lowest BCUT2D eigenvalue weighted by Crippen LogP contribution is -2.40. The highest BCUT2D eigenvalue weighted by Crippen LogP contribution is 2.27. The summed E-state index contributed by atoms with van der Waals surface area (Å²) < 4.78 is 27.0. The molecule has 106 valence electrons. The van der Waals surface area contributed by atoms with Crippen molar-refractivity contribution in [3.05, 3.63) is 28.7 Å². The first-order chi connectivity index (χ1) is 9.03. The van der Waals surface area contributed by atoms with E-state index in [1.54, 1.807) is 11.8 Å². The fraction of sp³-hybridized carbons (Fsp3) is 0.583. The van der Waals surface area contributed by atoms with Gasteiger partial charge in [-0.05, 0) is 25.5 Å². The van der Waals surface area contributed by atoms with Gasteiger partial charge in [0.2, 0.25) is 15.5 Å². The summed E-state index contributed by atoms with van der Waals surface area (Å²) in [5, 5.41) is 0.496. The molecule has 19 heavy (non-hydrogen) atoms. The molecule has 0 aromatic carbocycles. The van der Waals surface area contributed by atoms with Crippen molar-refractivity contribution in [2.75, 3.05) is 6.26 Å². The van der Waals surface area contributed by atoms with Gasteiger partial charge in [0, 0.05) is 29.8 Å². The minimum Gasteiger partial charge on any atom is -0.366 e. The molecule has 0 saturated heterocycles. The number of hydrogen-bond acceptors (Lipinski definition) is 4. The number of nitrogens with one attached hydrogen (secondary N) is 2. The fourth-order valence-electron chi connectivity index (χ4n) is 2.36. The van der Waals surface area contributed by atoms with Crippen molar-refractivity contribution in [1.29, 1.82) is 0 Å². The highest BCUT2D eigenvalue weighted by Gasteiger charge is 2.27. The summed E-state index contributed by atoms with van der Waals surface area (Å²) in [6.45, 7) is 0. The van der Waals surface area contributed by atoms with Crippen molar-refractivity contribution < 1.29 is 8.42 Å². The van der Waals surface area contributed by atoms with Crippen LogP contribution in [0.1, 0.15) is 25.7 Å². The molecule has 7 heteroatoms. The van der Waals surface area contributed by atoms with Crippen LogP contribution in [0.25, 0.3) is 0 Å². The molecule has 2 N–H and O–H groups in total. The van der Waals surface area contributed by atoms with Crippen LogP contribution in [0.2, 0.25) is 0 Å². The Balaban J connectivity index is 2.14. The van der Waals surface area contributed by atoms with E-state index >= 15 is 0 Å². The molecule has 0 aliphatic heterocycles. The molecule has 1 fully saturated rings. The molecule has 2 unspecified atom stereocenters. The first kappa shape index (κ1) is 14.6. The van der Waals surface area contributed by atoms with Crippen LogP contribution in [-0.4, -0.2) is 30.9 Å². The van der Waals surface area contributed by atoms with E-state index in [4.69, 9.17) is 0 Å². The summed E-state index contributed by atoms with van der Waals surface area (Å²) in [6.07, 6.45) is 8.51. The Morgan fingerprint density at radius 2 is 2.21 bits per heavy atom. The average Bonchev–Trinajstić information content (AvgIpc) is 2.38. The maximum atomic E-state index is 12.2. The zero-order chi connectivity index (χ0) is 13.9. The number of sulfonamides is 1. The molecule has 2 atom stereocenters. The van der Waals surface area contributed by atoms with Crippen molar-refractivity contribution >= 4 is 21.8 Å². The third kappa shape index (κ3) is 3.61. The zero-order valence-corrected chi connectivity index (χ0v) is 12.4. The van der Waals surface area contributed by atoms with Crippen molar-refractivity contribution in [3.63, 3.8) is 0 Å². The fourth-order valence-corrected chi connectivity index (χ4v) is 4.52. The molecule has 1 aliphatic rings. The molecule has 0 radical (unpaired) electrons. The molecular formula is C12H18N2O3S2. The summed E-state index contributed by atoms with van der Waals surface area (Å²) in [4.78, 5) is 14.0. The highest BCUT2D eigenvalue weighted by atomic mass is 32.2. The van der Waals surface area contributed by atoms with Gasteiger partial charge in [0.25, 0.3) is 0 Å². The van der Waals surface area contributed by atoms with Gasteiger partial charge in [-0.1, -0.05) is 6.42 Å². The average molecular weight is 302 g/mol. The lowest BCUT2D eigenvalue weighted by atomic mass is 9.96. The lowest BCUT2D eigenvalue weighted by molar-refractivity contribution is 0.420. The van der Waals surface area contributed by atoms with E-state index in [-0.39, 0.29) is 10.9 Å². The molecule has 5 nitrogen and oxygen atoms in total. The van der Waals surface area contributed by atoms with Gasteiger partial charge in [-0.2, -0.15) is 11.8 Å². The monoisotopic (exact) mass is 302 g/mol. The molecule has 0 bridgehead atoms.